The van der Waals surface area contributed by atoms with E-state index in [1.165, 1.54) is 29.5 Å². The summed E-state index contributed by atoms with van der Waals surface area (Å²) in [7, 11) is 0. The molecule has 30 heavy (non-hydrogen) atoms. The molecule has 2 heterocycles. The normalized spacial score (nSPS) is 13.5. The molecule has 1 aliphatic heterocycles. The molecule has 0 fully saturated rings. The number of carbonyl (C=O) groups excluding carboxylic acids is 3. The molecular formula is C23H19FN2O3S. The molecule has 0 unspecified atom stereocenters. The van der Waals surface area contributed by atoms with Gasteiger partial charge in [0.25, 0.3) is 11.8 Å². The summed E-state index contributed by atoms with van der Waals surface area (Å²) in [5.41, 5.74) is 2.59. The summed E-state index contributed by atoms with van der Waals surface area (Å²) in [6, 6.07) is 12.4. The van der Waals surface area contributed by atoms with Gasteiger partial charge in [-0.1, -0.05) is 0 Å². The van der Waals surface area contributed by atoms with Crippen LogP contribution >= 0.6 is 11.3 Å². The lowest BCUT2D eigenvalue weighted by atomic mass is 10.1. The molecule has 4 rings (SSSR count). The Labute approximate surface area is 177 Å². The minimum atomic E-state index is -0.393. The number of aryl methyl sites for hydroxylation is 1. The SMILES string of the molecule is Cc1cc(F)ccc1C(=O)Nc1ccc(C(=O)N2CCCC(=O)c3sccc32)cc1. The molecule has 0 aliphatic carbocycles. The van der Waals surface area contributed by atoms with Gasteiger partial charge in [-0.05, 0) is 72.8 Å². The van der Waals surface area contributed by atoms with Crippen LogP contribution in [0.1, 0.15) is 48.8 Å². The van der Waals surface area contributed by atoms with Gasteiger partial charge in [0.15, 0.2) is 5.78 Å². The molecule has 2 aromatic carbocycles. The summed E-state index contributed by atoms with van der Waals surface area (Å²) in [5, 5.41) is 4.59. The Balaban J connectivity index is 1.51. The smallest absolute Gasteiger partial charge is 0.258 e. The zero-order valence-electron chi connectivity index (χ0n) is 16.3. The highest BCUT2D eigenvalue weighted by atomic mass is 32.1. The van der Waals surface area contributed by atoms with Crippen LogP contribution in [0.25, 0.3) is 0 Å². The number of hydrogen-bond donors (Lipinski definition) is 1. The van der Waals surface area contributed by atoms with E-state index in [2.05, 4.69) is 5.32 Å². The second kappa shape index (κ2) is 8.20. The third kappa shape index (κ3) is 3.89. The van der Waals surface area contributed by atoms with Gasteiger partial charge < -0.3 is 10.2 Å². The van der Waals surface area contributed by atoms with Crippen LogP contribution in [0.4, 0.5) is 15.8 Å². The maximum Gasteiger partial charge on any atom is 0.258 e. The van der Waals surface area contributed by atoms with Crippen molar-refractivity contribution < 1.29 is 18.8 Å². The molecule has 0 atom stereocenters. The largest absolute Gasteiger partial charge is 0.322 e. The molecule has 7 heteroatoms. The molecule has 0 radical (unpaired) electrons. The average Bonchev–Trinajstić information content (AvgIpc) is 3.15. The second-order valence-corrected chi connectivity index (χ2v) is 8.03. The van der Waals surface area contributed by atoms with E-state index in [4.69, 9.17) is 0 Å². The number of ketones is 1. The molecular weight excluding hydrogens is 403 g/mol. The fourth-order valence-electron chi connectivity index (χ4n) is 3.50. The number of anilines is 2. The summed E-state index contributed by atoms with van der Waals surface area (Å²) >= 11 is 1.36. The number of carbonyl (C=O) groups is 3. The van der Waals surface area contributed by atoms with E-state index in [0.717, 1.165) is 0 Å². The number of nitrogens with zero attached hydrogens (tertiary/aromatic N) is 1. The third-order valence-electron chi connectivity index (χ3n) is 5.04. The van der Waals surface area contributed by atoms with Crippen molar-refractivity contribution in [2.75, 3.05) is 16.8 Å². The Hall–Kier alpha value is -3.32. The van der Waals surface area contributed by atoms with E-state index in [9.17, 15) is 18.8 Å². The number of fused-ring (bicyclic) bond motifs is 1. The maximum absolute atomic E-state index is 13.2. The van der Waals surface area contributed by atoms with E-state index < -0.39 is 5.82 Å². The first-order valence-corrected chi connectivity index (χ1v) is 10.4. The molecule has 0 saturated carbocycles. The predicted molar refractivity (Wildman–Crippen MR) is 115 cm³/mol. The lowest BCUT2D eigenvalue weighted by molar-refractivity contribution is 0.0975. The van der Waals surface area contributed by atoms with Crippen molar-refractivity contribution in [2.45, 2.75) is 19.8 Å². The van der Waals surface area contributed by atoms with Crippen molar-refractivity contribution in [3.05, 3.63) is 81.3 Å². The zero-order chi connectivity index (χ0) is 21.3. The lowest BCUT2D eigenvalue weighted by Gasteiger charge is -2.21. The van der Waals surface area contributed by atoms with Crippen LogP contribution in [0.5, 0.6) is 0 Å². The van der Waals surface area contributed by atoms with E-state index in [0.29, 0.717) is 52.3 Å². The van der Waals surface area contributed by atoms with Crippen molar-refractivity contribution >= 4 is 40.3 Å². The van der Waals surface area contributed by atoms with Gasteiger partial charge in [-0.25, -0.2) is 4.39 Å². The number of benzene rings is 2. The Morgan fingerprint density at radius 3 is 2.60 bits per heavy atom. The number of amides is 2. The Morgan fingerprint density at radius 1 is 1.10 bits per heavy atom. The van der Waals surface area contributed by atoms with Crippen LogP contribution in [-0.2, 0) is 0 Å². The fraction of sp³-hybridized carbons (Fsp3) is 0.174. The second-order valence-electron chi connectivity index (χ2n) is 7.11. The molecule has 1 aromatic heterocycles. The molecule has 1 N–H and O–H groups in total. The highest BCUT2D eigenvalue weighted by Crippen LogP contribution is 2.32. The first-order chi connectivity index (χ1) is 14.4. The topological polar surface area (TPSA) is 66.5 Å². The van der Waals surface area contributed by atoms with Crippen molar-refractivity contribution in [1.82, 2.24) is 0 Å². The third-order valence-corrected chi connectivity index (χ3v) is 5.99. The minimum Gasteiger partial charge on any atom is -0.322 e. The summed E-state index contributed by atoms with van der Waals surface area (Å²) < 4.78 is 13.2. The summed E-state index contributed by atoms with van der Waals surface area (Å²) in [4.78, 5) is 40.0. The van der Waals surface area contributed by atoms with Gasteiger partial charge in [0.05, 0.1) is 10.6 Å². The number of nitrogens with one attached hydrogen (secondary N) is 1. The van der Waals surface area contributed by atoms with E-state index >= 15 is 0 Å². The molecule has 2 amide bonds. The molecule has 3 aromatic rings. The highest BCUT2D eigenvalue weighted by molar-refractivity contribution is 7.12. The zero-order valence-corrected chi connectivity index (χ0v) is 17.1. The molecule has 0 spiro atoms. The highest BCUT2D eigenvalue weighted by Gasteiger charge is 2.27. The Bertz CT molecular complexity index is 1140. The fourth-order valence-corrected chi connectivity index (χ4v) is 4.36. The van der Waals surface area contributed by atoms with Gasteiger partial charge in [0.2, 0.25) is 0 Å². The Kier molecular flexibility index (Phi) is 5.46. The van der Waals surface area contributed by atoms with Gasteiger partial charge in [-0.2, -0.15) is 0 Å². The standard InChI is InChI=1S/C23H19FN2O3S/c1-14-13-16(24)6-9-18(14)22(28)25-17-7-4-15(5-8-17)23(29)26-11-2-3-20(27)21-19(26)10-12-30-21/h4-10,12-13H,2-3,11H2,1H3,(H,25,28). The first kappa shape index (κ1) is 20.0. The van der Waals surface area contributed by atoms with Crippen LogP contribution in [-0.4, -0.2) is 24.1 Å². The van der Waals surface area contributed by atoms with Crippen LogP contribution < -0.4 is 10.2 Å². The number of rotatable bonds is 3. The molecule has 152 valence electrons. The average molecular weight is 422 g/mol. The van der Waals surface area contributed by atoms with E-state index in [1.807, 2.05) is 5.38 Å². The number of halogens is 1. The maximum atomic E-state index is 13.2. The predicted octanol–water partition coefficient (Wildman–Crippen LogP) is 5.07. The Morgan fingerprint density at radius 2 is 1.87 bits per heavy atom. The molecule has 0 saturated heterocycles. The number of hydrogen-bond acceptors (Lipinski definition) is 4. The minimum absolute atomic E-state index is 0.0736. The summed E-state index contributed by atoms with van der Waals surface area (Å²) in [5.74, 6) is -0.850. The molecule has 0 bridgehead atoms. The van der Waals surface area contributed by atoms with Crippen molar-refractivity contribution in [1.29, 1.82) is 0 Å². The quantitative estimate of drug-likeness (QED) is 0.641. The summed E-state index contributed by atoms with van der Waals surface area (Å²) in [6.45, 7) is 2.15. The monoisotopic (exact) mass is 422 g/mol. The van der Waals surface area contributed by atoms with E-state index in [1.54, 1.807) is 42.2 Å². The van der Waals surface area contributed by atoms with Crippen molar-refractivity contribution in [3.63, 3.8) is 0 Å². The van der Waals surface area contributed by atoms with Crippen LogP contribution in [0.2, 0.25) is 0 Å². The van der Waals surface area contributed by atoms with Crippen molar-refractivity contribution in [3.8, 4) is 0 Å². The lowest BCUT2D eigenvalue weighted by Crippen LogP contribution is -2.31. The van der Waals surface area contributed by atoms with Crippen molar-refractivity contribution in [2.24, 2.45) is 0 Å². The van der Waals surface area contributed by atoms with Crippen LogP contribution in [0.3, 0.4) is 0 Å². The number of thiophene rings is 1. The van der Waals surface area contributed by atoms with Gasteiger partial charge in [0, 0.05) is 29.8 Å². The molecule has 5 nitrogen and oxygen atoms in total. The first-order valence-electron chi connectivity index (χ1n) is 9.54. The van der Waals surface area contributed by atoms with Crippen LogP contribution in [0, 0.1) is 12.7 Å². The van der Waals surface area contributed by atoms with Gasteiger partial charge in [-0.3, -0.25) is 14.4 Å². The summed E-state index contributed by atoms with van der Waals surface area (Å²) in [6.07, 6.45) is 1.06. The molecule has 1 aliphatic rings. The van der Waals surface area contributed by atoms with E-state index in [-0.39, 0.29) is 17.6 Å². The number of Topliss-reactive ketones (excluding diaryl/α,β-unsaturated/α-hetero) is 1. The van der Waals surface area contributed by atoms with Gasteiger partial charge >= 0.3 is 0 Å². The van der Waals surface area contributed by atoms with Gasteiger partial charge in [-0.15, -0.1) is 11.3 Å². The van der Waals surface area contributed by atoms with Crippen LogP contribution in [0.15, 0.2) is 53.9 Å². The van der Waals surface area contributed by atoms with Gasteiger partial charge in [0.1, 0.15) is 5.82 Å².